The molecule has 2 aliphatic rings. The van der Waals surface area contributed by atoms with Crippen LogP contribution in [0, 0.1) is 0 Å². The quantitative estimate of drug-likeness (QED) is 0.882. The van der Waals surface area contributed by atoms with Crippen molar-refractivity contribution in [2.75, 3.05) is 19.7 Å². The topological polar surface area (TPSA) is 67.9 Å². The first-order valence-electron chi connectivity index (χ1n) is 8.84. The number of benzene rings is 1. The average Bonchev–Trinajstić information content (AvgIpc) is 2.97. The Labute approximate surface area is 148 Å². The van der Waals surface area contributed by atoms with Gasteiger partial charge < -0.3 is 19.7 Å². The number of amides is 2. The SMILES string of the molecule is CC1(C)CN(C(=O)C[C@H]2CCC(=O)N2)C[C@H](COc2ccccc2)O1. The average molecular weight is 346 g/mol. The predicted molar refractivity (Wildman–Crippen MR) is 93.3 cm³/mol. The Morgan fingerprint density at radius 2 is 2.12 bits per heavy atom. The van der Waals surface area contributed by atoms with E-state index in [-0.39, 0.29) is 24.0 Å². The number of nitrogens with one attached hydrogen (secondary N) is 1. The van der Waals surface area contributed by atoms with Gasteiger partial charge in [-0.15, -0.1) is 0 Å². The van der Waals surface area contributed by atoms with Crippen LogP contribution in [-0.4, -0.2) is 54.2 Å². The molecule has 1 aromatic rings. The first-order valence-corrected chi connectivity index (χ1v) is 8.84. The van der Waals surface area contributed by atoms with Crippen LogP contribution in [0.1, 0.15) is 33.1 Å². The van der Waals surface area contributed by atoms with Gasteiger partial charge in [0, 0.05) is 25.4 Å². The van der Waals surface area contributed by atoms with Crippen molar-refractivity contribution in [3.8, 4) is 5.75 Å². The zero-order chi connectivity index (χ0) is 17.9. The van der Waals surface area contributed by atoms with Gasteiger partial charge in [-0.1, -0.05) is 18.2 Å². The molecule has 0 saturated carbocycles. The normalized spacial score (nSPS) is 25.5. The fourth-order valence-electron chi connectivity index (χ4n) is 3.45. The first kappa shape index (κ1) is 17.7. The number of para-hydroxylation sites is 1. The van der Waals surface area contributed by atoms with Gasteiger partial charge in [-0.3, -0.25) is 9.59 Å². The summed E-state index contributed by atoms with van der Waals surface area (Å²) in [7, 11) is 0. The number of rotatable bonds is 5. The summed E-state index contributed by atoms with van der Waals surface area (Å²) in [6, 6.07) is 9.55. The third-order valence-corrected chi connectivity index (χ3v) is 4.52. The van der Waals surface area contributed by atoms with E-state index in [1.807, 2.05) is 49.1 Å². The molecule has 0 bridgehead atoms. The molecule has 1 N–H and O–H groups in total. The minimum Gasteiger partial charge on any atom is -0.491 e. The van der Waals surface area contributed by atoms with Crippen molar-refractivity contribution >= 4 is 11.8 Å². The van der Waals surface area contributed by atoms with Crippen LogP contribution in [0.5, 0.6) is 5.75 Å². The molecule has 0 aliphatic carbocycles. The van der Waals surface area contributed by atoms with Crippen molar-refractivity contribution in [2.45, 2.75) is 50.9 Å². The molecule has 136 valence electrons. The van der Waals surface area contributed by atoms with E-state index in [2.05, 4.69) is 5.32 Å². The Morgan fingerprint density at radius 1 is 1.36 bits per heavy atom. The third kappa shape index (κ3) is 4.95. The minimum absolute atomic E-state index is 0.0363. The lowest BCUT2D eigenvalue weighted by Crippen LogP contribution is -2.56. The van der Waals surface area contributed by atoms with Gasteiger partial charge in [-0.05, 0) is 32.4 Å². The summed E-state index contributed by atoms with van der Waals surface area (Å²) < 4.78 is 11.9. The van der Waals surface area contributed by atoms with Gasteiger partial charge in [0.2, 0.25) is 11.8 Å². The molecule has 2 aliphatic heterocycles. The lowest BCUT2D eigenvalue weighted by atomic mass is 10.0. The molecule has 2 atom stereocenters. The maximum atomic E-state index is 12.6. The highest BCUT2D eigenvalue weighted by Crippen LogP contribution is 2.23. The van der Waals surface area contributed by atoms with Crippen molar-refractivity contribution in [2.24, 2.45) is 0 Å². The van der Waals surface area contributed by atoms with Gasteiger partial charge in [0.05, 0.1) is 12.1 Å². The molecule has 1 aromatic carbocycles. The van der Waals surface area contributed by atoms with Gasteiger partial charge in [-0.25, -0.2) is 0 Å². The zero-order valence-electron chi connectivity index (χ0n) is 14.9. The van der Waals surface area contributed by atoms with Crippen LogP contribution in [0.3, 0.4) is 0 Å². The van der Waals surface area contributed by atoms with Gasteiger partial charge >= 0.3 is 0 Å². The molecule has 0 unspecified atom stereocenters. The van der Waals surface area contributed by atoms with Gasteiger partial charge in [0.25, 0.3) is 0 Å². The summed E-state index contributed by atoms with van der Waals surface area (Å²) in [4.78, 5) is 25.8. The van der Waals surface area contributed by atoms with Crippen molar-refractivity contribution in [3.63, 3.8) is 0 Å². The van der Waals surface area contributed by atoms with E-state index in [0.29, 0.717) is 32.5 Å². The van der Waals surface area contributed by atoms with Crippen molar-refractivity contribution < 1.29 is 19.1 Å². The second kappa shape index (κ2) is 7.44. The molecule has 6 nitrogen and oxygen atoms in total. The van der Waals surface area contributed by atoms with E-state index in [1.54, 1.807) is 0 Å². The molecule has 2 fully saturated rings. The number of morpholine rings is 1. The van der Waals surface area contributed by atoms with Crippen LogP contribution in [0.15, 0.2) is 30.3 Å². The molecule has 2 amide bonds. The second-order valence-corrected chi connectivity index (χ2v) is 7.41. The largest absolute Gasteiger partial charge is 0.491 e. The minimum atomic E-state index is -0.419. The van der Waals surface area contributed by atoms with Crippen LogP contribution in [0.2, 0.25) is 0 Å². The van der Waals surface area contributed by atoms with E-state index in [4.69, 9.17) is 9.47 Å². The molecule has 2 heterocycles. The molecule has 2 saturated heterocycles. The lowest BCUT2D eigenvalue weighted by Gasteiger charge is -2.43. The van der Waals surface area contributed by atoms with Gasteiger partial charge in [0.15, 0.2) is 0 Å². The Morgan fingerprint density at radius 3 is 2.80 bits per heavy atom. The maximum absolute atomic E-state index is 12.6. The standard InChI is InChI=1S/C19H26N2O4/c1-19(2)13-21(18(23)10-14-8-9-17(22)20-14)11-16(25-19)12-24-15-6-4-3-5-7-15/h3-7,14,16H,8-13H2,1-2H3,(H,20,22)/t14-,16-/m1/s1. The predicted octanol–water partition coefficient (Wildman–Crippen LogP) is 1.74. The van der Waals surface area contributed by atoms with E-state index in [1.165, 1.54) is 0 Å². The van der Waals surface area contributed by atoms with Crippen molar-refractivity contribution in [1.82, 2.24) is 10.2 Å². The molecular weight excluding hydrogens is 320 g/mol. The summed E-state index contributed by atoms with van der Waals surface area (Å²) in [5, 5.41) is 2.86. The molecule has 6 heteroatoms. The second-order valence-electron chi connectivity index (χ2n) is 7.41. The van der Waals surface area contributed by atoms with Crippen LogP contribution in [0.25, 0.3) is 0 Å². The van der Waals surface area contributed by atoms with Crippen LogP contribution in [0.4, 0.5) is 0 Å². The number of nitrogens with zero attached hydrogens (tertiary/aromatic N) is 1. The van der Waals surface area contributed by atoms with Crippen LogP contribution in [-0.2, 0) is 14.3 Å². The molecule has 25 heavy (non-hydrogen) atoms. The summed E-state index contributed by atoms with van der Waals surface area (Å²) in [6.45, 7) is 5.43. The number of carbonyl (C=O) groups excluding carboxylic acids is 2. The van der Waals surface area contributed by atoms with Gasteiger partial charge in [0.1, 0.15) is 18.5 Å². The number of hydrogen-bond donors (Lipinski definition) is 1. The Balaban J connectivity index is 1.56. The van der Waals surface area contributed by atoms with E-state index in [9.17, 15) is 9.59 Å². The monoisotopic (exact) mass is 346 g/mol. The summed E-state index contributed by atoms with van der Waals surface area (Å²) in [5.74, 6) is 0.892. The van der Waals surface area contributed by atoms with E-state index < -0.39 is 5.60 Å². The van der Waals surface area contributed by atoms with Crippen LogP contribution < -0.4 is 10.1 Å². The summed E-state index contributed by atoms with van der Waals surface area (Å²) in [6.07, 6.45) is 1.43. The molecule has 0 spiro atoms. The molecule has 0 aromatic heterocycles. The van der Waals surface area contributed by atoms with Gasteiger partial charge in [-0.2, -0.15) is 0 Å². The summed E-state index contributed by atoms with van der Waals surface area (Å²) in [5.41, 5.74) is -0.419. The van der Waals surface area contributed by atoms with E-state index in [0.717, 1.165) is 12.2 Å². The number of carbonyl (C=O) groups is 2. The molecular formula is C19H26N2O4. The van der Waals surface area contributed by atoms with Crippen LogP contribution >= 0.6 is 0 Å². The number of ether oxygens (including phenoxy) is 2. The fraction of sp³-hybridized carbons (Fsp3) is 0.579. The fourth-order valence-corrected chi connectivity index (χ4v) is 3.45. The van der Waals surface area contributed by atoms with Crippen molar-refractivity contribution in [3.05, 3.63) is 30.3 Å². The maximum Gasteiger partial charge on any atom is 0.224 e. The zero-order valence-corrected chi connectivity index (χ0v) is 14.9. The number of hydrogen-bond acceptors (Lipinski definition) is 4. The third-order valence-electron chi connectivity index (χ3n) is 4.52. The van der Waals surface area contributed by atoms with Crippen molar-refractivity contribution in [1.29, 1.82) is 0 Å². The smallest absolute Gasteiger partial charge is 0.224 e. The summed E-state index contributed by atoms with van der Waals surface area (Å²) >= 11 is 0. The highest BCUT2D eigenvalue weighted by Gasteiger charge is 2.37. The molecule has 3 rings (SSSR count). The Kier molecular flexibility index (Phi) is 5.27. The lowest BCUT2D eigenvalue weighted by molar-refractivity contribution is -0.165. The van der Waals surface area contributed by atoms with E-state index >= 15 is 0 Å². The Hall–Kier alpha value is -2.08. The highest BCUT2D eigenvalue weighted by molar-refractivity contribution is 5.82. The highest BCUT2D eigenvalue weighted by atomic mass is 16.5. The Bertz CT molecular complexity index is 617. The first-order chi connectivity index (χ1) is 11.9. The molecule has 0 radical (unpaired) electrons.